The number of esters is 2. The van der Waals surface area contributed by atoms with Crippen molar-refractivity contribution in [3.63, 3.8) is 0 Å². The van der Waals surface area contributed by atoms with Crippen LogP contribution in [0.15, 0.2) is 42.0 Å². The summed E-state index contributed by atoms with van der Waals surface area (Å²) in [4.78, 5) is 56.5. The van der Waals surface area contributed by atoms with Gasteiger partial charge in [0.2, 0.25) is 6.29 Å². The third-order valence-electron chi connectivity index (χ3n) is 24.8. The molecule has 11 rings (SSSR count). The van der Waals surface area contributed by atoms with E-state index < -0.39 is 230 Å². The van der Waals surface area contributed by atoms with E-state index in [4.69, 9.17) is 56.8 Å². The molecule has 5 heterocycles. The Labute approximate surface area is 572 Å². The molecule has 0 amide bonds. The maximum absolute atomic E-state index is 15.8. The molecule has 99 heavy (non-hydrogen) atoms. The number of rotatable bonds is 17. The third-order valence-corrected chi connectivity index (χ3v) is 24.8. The molecule has 1 aromatic carbocycles. The molecule has 9 fully saturated rings. The number of methoxy groups -OCH3 is 1. The summed E-state index contributed by atoms with van der Waals surface area (Å²) in [6.45, 7) is 13.8. The molecule has 0 spiro atoms. The number of ether oxygens (including phenoxy) is 12. The van der Waals surface area contributed by atoms with Crippen molar-refractivity contribution in [3.8, 4) is 5.75 Å². The van der Waals surface area contributed by atoms with Gasteiger partial charge in [-0.1, -0.05) is 65.3 Å². The maximum atomic E-state index is 15.8. The molecular weight excluding hydrogens is 1310 g/mol. The van der Waals surface area contributed by atoms with E-state index in [1.807, 2.05) is 0 Å². The van der Waals surface area contributed by atoms with Crippen molar-refractivity contribution in [1.82, 2.24) is 0 Å². The van der Waals surface area contributed by atoms with Crippen LogP contribution >= 0.6 is 0 Å². The second kappa shape index (κ2) is 28.6. The highest BCUT2D eigenvalue weighted by molar-refractivity contribution is 5.87. The molecule has 0 unspecified atom stereocenters. The lowest BCUT2D eigenvalue weighted by molar-refractivity contribution is -0.391. The minimum Gasteiger partial charge on any atom is -0.497 e. The largest absolute Gasteiger partial charge is 0.497 e. The second-order valence-corrected chi connectivity index (χ2v) is 30.9. The molecular formula is C69H100O30. The number of carbonyl (C=O) groups is 4. The van der Waals surface area contributed by atoms with E-state index in [0.29, 0.717) is 49.8 Å². The summed E-state index contributed by atoms with van der Waals surface area (Å²) in [7, 11) is 1.52. The molecule has 0 bridgehead atoms. The Morgan fingerprint density at radius 3 is 1.90 bits per heavy atom. The Kier molecular flexibility index (Phi) is 21.9. The van der Waals surface area contributed by atoms with Crippen LogP contribution in [0, 0.1) is 50.2 Å². The van der Waals surface area contributed by atoms with Crippen molar-refractivity contribution < 1.29 is 148 Å². The molecule has 5 aliphatic heterocycles. The zero-order valence-electron chi connectivity index (χ0n) is 56.9. The Morgan fingerprint density at radius 1 is 0.606 bits per heavy atom. The van der Waals surface area contributed by atoms with Crippen LogP contribution in [0.2, 0.25) is 0 Å². The summed E-state index contributed by atoms with van der Waals surface area (Å²) in [5.41, 5.74) is -4.00. The first-order valence-electron chi connectivity index (χ1n) is 34.3. The summed E-state index contributed by atoms with van der Waals surface area (Å²) in [5, 5.41) is 155. The van der Waals surface area contributed by atoms with Crippen LogP contribution < -0.4 is 4.74 Å². The lowest BCUT2D eigenvalue weighted by Crippen LogP contribution is -2.69. The van der Waals surface area contributed by atoms with Crippen LogP contribution in [-0.4, -0.2) is 276 Å². The van der Waals surface area contributed by atoms with Gasteiger partial charge in [-0.2, -0.15) is 0 Å². The van der Waals surface area contributed by atoms with Crippen LogP contribution in [0.1, 0.15) is 119 Å². The average molecular weight is 1410 g/mol. The van der Waals surface area contributed by atoms with Crippen molar-refractivity contribution >= 4 is 30.3 Å². The average Bonchev–Trinajstić information content (AvgIpc) is 0.671. The Hall–Kier alpha value is -4.30. The first-order valence-corrected chi connectivity index (χ1v) is 34.3. The normalized spacial score (nSPS) is 49.7. The minimum absolute atomic E-state index is 0.0687. The molecule has 10 aliphatic rings. The predicted octanol–water partition coefficient (Wildman–Crippen LogP) is -1.00. The smallest absolute Gasteiger partial charge is 0.335 e. The van der Waals surface area contributed by atoms with Crippen LogP contribution in [0.4, 0.5) is 0 Å². The predicted molar refractivity (Wildman–Crippen MR) is 335 cm³/mol. The summed E-state index contributed by atoms with van der Waals surface area (Å²) in [6.07, 6.45) is -37.0. The van der Waals surface area contributed by atoms with Gasteiger partial charge in [-0.3, -0.25) is 4.79 Å². The highest BCUT2D eigenvalue weighted by atomic mass is 16.8. The van der Waals surface area contributed by atoms with E-state index in [2.05, 4.69) is 40.7 Å². The molecule has 5 aliphatic carbocycles. The van der Waals surface area contributed by atoms with Crippen molar-refractivity contribution in [2.24, 2.45) is 50.2 Å². The lowest BCUT2D eigenvalue weighted by atomic mass is 9.33. The Balaban J connectivity index is 0.875. The van der Waals surface area contributed by atoms with E-state index in [1.165, 1.54) is 27.0 Å². The topological polar surface area (TPSA) is 462 Å². The minimum atomic E-state index is -2.21. The van der Waals surface area contributed by atoms with Crippen LogP contribution in [0.3, 0.4) is 0 Å². The van der Waals surface area contributed by atoms with Gasteiger partial charge in [-0.05, 0) is 135 Å². The molecule has 5 saturated heterocycles. The Bertz CT molecular complexity index is 3110. The number of hydrogen-bond donors (Lipinski definition) is 14. The van der Waals surface area contributed by atoms with Gasteiger partial charge in [0.15, 0.2) is 43.5 Å². The molecule has 0 radical (unpaired) electrons. The SMILES string of the molecule is COc1ccc(/C=C\C(=O)O[C@H]2[C@H](O)[C@@H](O[C@@H]3O[C@@H](C)[C@H](O)[C@@H](O)[C@@H]3O)[C@H](OC(=O)[C@]34CCC(C)(C)C[C@H]3C3=CC[C@@H]5[C@@]6(C)CC[C@H](O[C@H]7O[C@@H](C(=O)O)[C@@H](O)[C@H](O[C@@H]8OC[C@@H](O)[C@H](O)[C@H]8O)[C@H]7O[C@H]7O[C@@H](CO)[C@H](O)[C@@H](O)[C@@H]7O)[C@](C)(C=O)[C@@H]6CC[C@@]5(C)[C@]3(C)C[C@H]4O)O[C@@H]2C)cc1. The number of aliphatic hydroxyl groups excluding tert-OH is 13. The van der Waals surface area contributed by atoms with Crippen molar-refractivity contribution in [1.29, 1.82) is 0 Å². The molecule has 30 heteroatoms. The van der Waals surface area contributed by atoms with Crippen molar-refractivity contribution in [3.05, 3.63) is 47.6 Å². The van der Waals surface area contributed by atoms with Crippen LogP contribution in [-0.2, 0) is 71.3 Å². The van der Waals surface area contributed by atoms with Gasteiger partial charge in [-0.15, -0.1) is 0 Å². The number of fused-ring (bicyclic) bond motifs is 7. The van der Waals surface area contributed by atoms with E-state index in [1.54, 1.807) is 31.2 Å². The zero-order valence-corrected chi connectivity index (χ0v) is 56.9. The zero-order chi connectivity index (χ0) is 72.1. The first kappa shape index (κ1) is 75.8. The number of benzene rings is 1. The standard InChI is InChI=1S/C69H100O30/c1-29-42(75)45(78)48(81)59(90-29)97-55-50(83)52(94-41(74)17-12-31-10-13-32(88-9)14-11-31)30(2)91-61(55)99-63(87)69-23-22-64(3,4)24-34(69)33-15-16-38-65(5)20-19-40(66(6,28-71)37(65)18-21-67(38,7)68(33,8)25-39(69)73)93-62-56(98-60-49(82)46(79)44(77)36(26-70)92-60)53(51(84)54(96-62)57(85)86)95-58-47(80)43(76)35(72)27-89-58/h10-15,17,28-30,34-40,42-56,58-62,70,72-73,75-84H,16,18-27H2,1-9H3,(H,85,86)/b17-12-/t29-,30+,34-,35+,36-,37+,38+,39+,40-,42-,43-,44-,45+,46+,47+,48-,49-,50-,51-,52+,53-,54+,55+,56+,58-,59-,60+,61-,62-,65-,66+,67+,68+,69+/m0/s1. The number of carbonyl (C=O) groups excluding carboxylic acids is 3. The summed E-state index contributed by atoms with van der Waals surface area (Å²) >= 11 is 0. The fourth-order valence-electron chi connectivity index (χ4n) is 18.7. The fourth-order valence-corrected chi connectivity index (χ4v) is 18.7. The van der Waals surface area contributed by atoms with Crippen LogP contribution in [0.25, 0.3) is 6.08 Å². The number of allylic oxidation sites excluding steroid dienone is 2. The van der Waals surface area contributed by atoms with Crippen LogP contribution in [0.5, 0.6) is 5.75 Å². The lowest BCUT2D eigenvalue weighted by Gasteiger charge is -2.71. The van der Waals surface area contributed by atoms with Crippen molar-refractivity contribution in [2.45, 2.75) is 273 Å². The molecule has 1 aromatic rings. The molecule has 30 nitrogen and oxygen atoms in total. The highest BCUT2D eigenvalue weighted by Gasteiger charge is 2.73. The molecule has 34 atom stereocenters. The second-order valence-electron chi connectivity index (χ2n) is 30.9. The van der Waals surface area contributed by atoms with Gasteiger partial charge in [0.25, 0.3) is 0 Å². The number of aldehydes is 1. The number of carboxylic acids is 1. The quantitative estimate of drug-likeness (QED) is 0.0292. The van der Waals surface area contributed by atoms with Gasteiger partial charge < -0.3 is 133 Å². The number of aliphatic hydroxyl groups is 13. The van der Waals surface area contributed by atoms with E-state index in [-0.39, 0.29) is 30.6 Å². The maximum Gasteiger partial charge on any atom is 0.335 e. The van der Waals surface area contributed by atoms with Gasteiger partial charge in [0, 0.05) is 6.08 Å². The highest BCUT2D eigenvalue weighted by Crippen LogP contribution is 2.76. The van der Waals surface area contributed by atoms with E-state index in [0.717, 1.165) is 17.9 Å². The van der Waals surface area contributed by atoms with E-state index >= 15 is 4.79 Å². The molecule has 14 N–H and O–H groups in total. The van der Waals surface area contributed by atoms with Gasteiger partial charge in [0.1, 0.15) is 103 Å². The number of aliphatic carboxylic acids is 1. The number of hydrogen-bond acceptors (Lipinski definition) is 29. The molecule has 556 valence electrons. The van der Waals surface area contributed by atoms with E-state index in [9.17, 15) is 85.9 Å². The molecule has 0 aromatic heterocycles. The Morgan fingerprint density at radius 2 is 1.24 bits per heavy atom. The van der Waals surface area contributed by atoms with Crippen molar-refractivity contribution in [2.75, 3.05) is 20.3 Å². The third kappa shape index (κ3) is 13.3. The van der Waals surface area contributed by atoms with Gasteiger partial charge in [0.05, 0.1) is 50.2 Å². The summed E-state index contributed by atoms with van der Waals surface area (Å²) in [6, 6.07) is 6.81. The monoisotopic (exact) mass is 1410 g/mol. The molecule has 4 saturated carbocycles. The van der Waals surface area contributed by atoms with Gasteiger partial charge >= 0.3 is 17.9 Å². The summed E-state index contributed by atoms with van der Waals surface area (Å²) < 4.78 is 72.1. The number of carboxylic acid groups (broad SMARTS) is 1. The summed E-state index contributed by atoms with van der Waals surface area (Å²) in [5.74, 6) is -4.21. The first-order chi connectivity index (χ1) is 46.5. The fraction of sp³-hybridized carbons (Fsp3) is 0.797. The van der Waals surface area contributed by atoms with Gasteiger partial charge in [-0.25, -0.2) is 9.59 Å².